The topological polar surface area (TPSA) is 48.0 Å². The van der Waals surface area contributed by atoms with Crippen LogP contribution < -0.4 is 5.73 Å². The maximum Gasteiger partial charge on any atom is 0.211 e. The highest BCUT2D eigenvalue weighted by Crippen LogP contribution is 2.26. The zero-order valence-electron chi connectivity index (χ0n) is 11.3. The van der Waals surface area contributed by atoms with Gasteiger partial charge in [-0.2, -0.15) is 0 Å². The molecule has 3 nitrogen and oxygen atoms in total. The SMILES string of the molecule is Cc1cc(N)c(C(=O)c2cccc(Cl)c2)n1C(C)C. The second kappa shape index (κ2) is 5.10. The fraction of sp³-hybridized carbons (Fsp3) is 0.267. The third kappa shape index (κ3) is 2.51. The van der Waals surface area contributed by atoms with Crippen molar-refractivity contribution < 1.29 is 4.79 Å². The minimum Gasteiger partial charge on any atom is -0.397 e. The molecular formula is C15H17ClN2O. The predicted octanol–water partition coefficient (Wildman–Crippen LogP) is 3.84. The number of nitrogen functional groups attached to an aromatic ring is 1. The first-order valence-electron chi connectivity index (χ1n) is 6.19. The molecule has 2 rings (SSSR count). The van der Waals surface area contributed by atoms with E-state index >= 15 is 0 Å². The molecule has 0 fully saturated rings. The minimum atomic E-state index is -0.0956. The number of nitrogens with two attached hydrogens (primary N) is 1. The van der Waals surface area contributed by atoms with Crippen molar-refractivity contribution in [1.29, 1.82) is 0 Å². The largest absolute Gasteiger partial charge is 0.397 e. The molecule has 0 aliphatic rings. The fourth-order valence-electron chi connectivity index (χ4n) is 2.35. The van der Waals surface area contributed by atoms with Gasteiger partial charge in [0, 0.05) is 22.3 Å². The molecule has 0 spiro atoms. The third-order valence-electron chi connectivity index (χ3n) is 3.08. The summed E-state index contributed by atoms with van der Waals surface area (Å²) in [5.41, 5.74) is 8.57. The van der Waals surface area contributed by atoms with Crippen LogP contribution in [-0.2, 0) is 0 Å². The monoisotopic (exact) mass is 276 g/mol. The molecule has 2 N–H and O–H groups in total. The molecule has 0 aliphatic heterocycles. The lowest BCUT2D eigenvalue weighted by Crippen LogP contribution is -2.14. The molecule has 0 unspecified atom stereocenters. The number of hydrogen-bond donors (Lipinski definition) is 1. The molecule has 0 amide bonds. The zero-order valence-corrected chi connectivity index (χ0v) is 12.0. The summed E-state index contributed by atoms with van der Waals surface area (Å²) in [6.45, 7) is 6.01. The summed E-state index contributed by atoms with van der Waals surface area (Å²) in [5, 5.41) is 0.545. The van der Waals surface area contributed by atoms with Gasteiger partial charge in [0.1, 0.15) is 5.69 Å². The molecule has 1 aromatic heterocycles. The van der Waals surface area contributed by atoms with Crippen molar-refractivity contribution in [2.24, 2.45) is 0 Å². The van der Waals surface area contributed by atoms with Crippen LogP contribution in [0.3, 0.4) is 0 Å². The quantitative estimate of drug-likeness (QED) is 0.866. The lowest BCUT2D eigenvalue weighted by molar-refractivity contribution is 0.102. The van der Waals surface area contributed by atoms with Gasteiger partial charge < -0.3 is 10.3 Å². The number of carbonyl (C=O) groups is 1. The van der Waals surface area contributed by atoms with E-state index in [1.165, 1.54) is 0 Å². The number of nitrogens with zero attached hydrogens (tertiary/aromatic N) is 1. The van der Waals surface area contributed by atoms with Crippen molar-refractivity contribution in [1.82, 2.24) is 4.57 Å². The maximum absolute atomic E-state index is 12.6. The van der Waals surface area contributed by atoms with Crippen LogP contribution in [0.5, 0.6) is 0 Å². The second-order valence-electron chi connectivity index (χ2n) is 4.89. The van der Waals surface area contributed by atoms with Crippen molar-refractivity contribution in [3.63, 3.8) is 0 Å². The van der Waals surface area contributed by atoms with Gasteiger partial charge in [0.2, 0.25) is 5.78 Å². The molecule has 19 heavy (non-hydrogen) atoms. The molecule has 4 heteroatoms. The minimum absolute atomic E-state index is 0.0956. The molecular weight excluding hydrogens is 260 g/mol. The van der Waals surface area contributed by atoms with Crippen LogP contribution in [0.15, 0.2) is 30.3 Å². The van der Waals surface area contributed by atoms with E-state index in [9.17, 15) is 4.79 Å². The number of aromatic nitrogens is 1. The van der Waals surface area contributed by atoms with Crippen LogP contribution in [-0.4, -0.2) is 10.4 Å². The van der Waals surface area contributed by atoms with Crippen LogP contribution in [0.4, 0.5) is 5.69 Å². The molecule has 1 heterocycles. The highest BCUT2D eigenvalue weighted by molar-refractivity contribution is 6.31. The van der Waals surface area contributed by atoms with E-state index in [0.29, 0.717) is 22.0 Å². The van der Waals surface area contributed by atoms with E-state index in [1.54, 1.807) is 24.3 Å². The van der Waals surface area contributed by atoms with Gasteiger partial charge in [-0.15, -0.1) is 0 Å². The first kappa shape index (κ1) is 13.7. The van der Waals surface area contributed by atoms with Crippen molar-refractivity contribution in [3.8, 4) is 0 Å². The molecule has 0 bridgehead atoms. The van der Waals surface area contributed by atoms with Crippen LogP contribution in [0.1, 0.15) is 41.6 Å². The second-order valence-corrected chi connectivity index (χ2v) is 5.33. The van der Waals surface area contributed by atoms with Gasteiger partial charge in [0.05, 0.1) is 5.69 Å². The highest BCUT2D eigenvalue weighted by Gasteiger charge is 2.21. The highest BCUT2D eigenvalue weighted by atomic mass is 35.5. The summed E-state index contributed by atoms with van der Waals surface area (Å²) >= 11 is 5.93. The number of benzene rings is 1. The number of aryl methyl sites for hydroxylation is 1. The summed E-state index contributed by atoms with van der Waals surface area (Å²) in [5.74, 6) is -0.0956. The Hall–Kier alpha value is -1.74. The Balaban J connectivity index is 2.56. The van der Waals surface area contributed by atoms with Crippen molar-refractivity contribution in [2.75, 3.05) is 5.73 Å². The molecule has 0 saturated heterocycles. The lowest BCUT2D eigenvalue weighted by Gasteiger charge is -2.15. The normalized spacial score (nSPS) is 11.0. The van der Waals surface area contributed by atoms with E-state index < -0.39 is 0 Å². The number of ketones is 1. The Morgan fingerprint density at radius 1 is 1.32 bits per heavy atom. The van der Waals surface area contributed by atoms with Gasteiger partial charge in [-0.05, 0) is 39.0 Å². The number of anilines is 1. The van der Waals surface area contributed by atoms with E-state index in [4.69, 9.17) is 17.3 Å². The van der Waals surface area contributed by atoms with Crippen molar-refractivity contribution in [3.05, 3.63) is 52.3 Å². The van der Waals surface area contributed by atoms with Crippen molar-refractivity contribution >= 4 is 23.1 Å². The van der Waals surface area contributed by atoms with Crippen LogP contribution >= 0.6 is 11.6 Å². The Labute approximate surface area is 118 Å². The Bertz CT molecular complexity index is 629. The summed E-state index contributed by atoms with van der Waals surface area (Å²) in [6.07, 6.45) is 0. The summed E-state index contributed by atoms with van der Waals surface area (Å²) in [4.78, 5) is 12.6. The first-order valence-corrected chi connectivity index (χ1v) is 6.57. The third-order valence-corrected chi connectivity index (χ3v) is 3.31. The van der Waals surface area contributed by atoms with Crippen molar-refractivity contribution in [2.45, 2.75) is 26.8 Å². The van der Waals surface area contributed by atoms with E-state index in [2.05, 4.69) is 0 Å². The molecule has 0 aliphatic carbocycles. The van der Waals surface area contributed by atoms with E-state index in [0.717, 1.165) is 5.69 Å². The predicted molar refractivity (Wildman–Crippen MR) is 78.9 cm³/mol. The van der Waals surface area contributed by atoms with Gasteiger partial charge in [-0.1, -0.05) is 23.7 Å². The van der Waals surface area contributed by atoms with Gasteiger partial charge in [-0.25, -0.2) is 0 Å². The Morgan fingerprint density at radius 2 is 2.00 bits per heavy atom. The fourth-order valence-corrected chi connectivity index (χ4v) is 2.54. The Kier molecular flexibility index (Phi) is 3.67. The first-order chi connectivity index (χ1) is 8.91. The van der Waals surface area contributed by atoms with E-state index in [-0.39, 0.29) is 11.8 Å². The standard InChI is InChI=1S/C15H17ClN2O/c1-9(2)18-10(3)7-13(17)14(18)15(19)11-5-4-6-12(16)8-11/h4-9H,17H2,1-3H3. The molecule has 2 aromatic rings. The average molecular weight is 277 g/mol. The summed E-state index contributed by atoms with van der Waals surface area (Å²) in [6, 6.07) is 8.93. The van der Waals surface area contributed by atoms with Crippen LogP contribution in [0.2, 0.25) is 5.02 Å². The molecule has 1 aromatic carbocycles. The molecule has 0 atom stereocenters. The summed E-state index contributed by atoms with van der Waals surface area (Å²) in [7, 11) is 0. The number of rotatable bonds is 3. The number of halogens is 1. The molecule has 100 valence electrons. The Morgan fingerprint density at radius 3 is 2.58 bits per heavy atom. The number of carbonyl (C=O) groups excluding carboxylic acids is 1. The van der Waals surface area contributed by atoms with Gasteiger partial charge in [-0.3, -0.25) is 4.79 Å². The number of hydrogen-bond acceptors (Lipinski definition) is 2. The van der Waals surface area contributed by atoms with Gasteiger partial charge in [0.25, 0.3) is 0 Å². The lowest BCUT2D eigenvalue weighted by atomic mass is 10.1. The van der Waals surface area contributed by atoms with Crippen LogP contribution in [0, 0.1) is 6.92 Å². The van der Waals surface area contributed by atoms with Crippen LogP contribution in [0.25, 0.3) is 0 Å². The average Bonchev–Trinajstić information content (AvgIpc) is 2.63. The molecule has 0 radical (unpaired) electrons. The summed E-state index contributed by atoms with van der Waals surface area (Å²) < 4.78 is 1.96. The maximum atomic E-state index is 12.6. The van der Waals surface area contributed by atoms with Gasteiger partial charge >= 0.3 is 0 Å². The van der Waals surface area contributed by atoms with E-state index in [1.807, 2.05) is 31.4 Å². The van der Waals surface area contributed by atoms with Gasteiger partial charge in [0.15, 0.2) is 0 Å². The zero-order chi connectivity index (χ0) is 14.2. The molecule has 0 saturated carbocycles. The smallest absolute Gasteiger partial charge is 0.211 e.